The smallest absolute Gasteiger partial charge is 0.224 e. The Morgan fingerprint density at radius 3 is 2.85 bits per heavy atom. The second-order valence-corrected chi connectivity index (χ2v) is 5.69. The lowest BCUT2D eigenvalue weighted by atomic mass is 9.85. The lowest BCUT2D eigenvalue weighted by Gasteiger charge is -2.30. The van der Waals surface area contributed by atoms with Gasteiger partial charge >= 0.3 is 0 Å². The number of rotatable bonds is 4. The molecule has 0 heterocycles. The monoisotopic (exact) mass is 299 g/mol. The summed E-state index contributed by atoms with van der Waals surface area (Å²) in [7, 11) is 0. The molecule has 0 radical (unpaired) electrons. The van der Waals surface area contributed by atoms with Crippen molar-refractivity contribution in [1.29, 1.82) is 0 Å². The second kappa shape index (κ2) is 7.04. The van der Waals surface area contributed by atoms with Gasteiger partial charge in [-0.15, -0.1) is 0 Å². The van der Waals surface area contributed by atoms with Crippen LogP contribution >= 0.6 is 11.6 Å². The normalized spacial score (nSPS) is 22.6. The van der Waals surface area contributed by atoms with Gasteiger partial charge in [0.25, 0.3) is 0 Å². The number of hydrogen-bond acceptors (Lipinski definition) is 2. The molecule has 3 nitrogen and oxygen atoms in total. The Bertz CT molecular complexity index is 461. The number of aliphatic hydroxyl groups is 1. The average Bonchev–Trinajstić information content (AvgIpc) is 2.44. The molecule has 1 aromatic carbocycles. The summed E-state index contributed by atoms with van der Waals surface area (Å²) in [6.07, 6.45) is 3.84. The standard InChI is InChI=1S/C15H19ClFNO2/c16-12-5-3-6-13(17)11(12)8-15(20)18-14-7-2-1-4-10(14)9-19/h3,5-6,10,14,19H,1-2,4,7-9H2,(H,18,20). The van der Waals surface area contributed by atoms with Crippen LogP contribution in [0.4, 0.5) is 4.39 Å². The number of halogens is 2. The number of carbonyl (C=O) groups excluding carboxylic acids is 1. The SMILES string of the molecule is O=C(Cc1c(F)cccc1Cl)NC1CCCCC1CO. The molecule has 1 aromatic rings. The summed E-state index contributed by atoms with van der Waals surface area (Å²) in [6, 6.07) is 4.37. The Morgan fingerprint density at radius 1 is 1.40 bits per heavy atom. The quantitative estimate of drug-likeness (QED) is 0.898. The third-order valence-electron chi connectivity index (χ3n) is 3.89. The molecule has 0 bridgehead atoms. The molecule has 2 atom stereocenters. The van der Waals surface area contributed by atoms with Gasteiger partial charge in [-0.2, -0.15) is 0 Å². The number of hydrogen-bond donors (Lipinski definition) is 2. The first-order valence-electron chi connectivity index (χ1n) is 6.95. The molecule has 0 aliphatic heterocycles. The second-order valence-electron chi connectivity index (χ2n) is 5.28. The molecule has 5 heteroatoms. The fourth-order valence-corrected chi connectivity index (χ4v) is 2.97. The number of aliphatic hydroxyl groups excluding tert-OH is 1. The third-order valence-corrected chi connectivity index (χ3v) is 4.24. The first kappa shape index (κ1) is 15.3. The summed E-state index contributed by atoms with van der Waals surface area (Å²) < 4.78 is 13.6. The van der Waals surface area contributed by atoms with Gasteiger partial charge in [0.2, 0.25) is 5.91 Å². The highest BCUT2D eigenvalue weighted by Crippen LogP contribution is 2.24. The zero-order chi connectivity index (χ0) is 14.5. The van der Waals surface area contributed by atoms with Crippen molar-refractivity contribution in [1.82, 2.24) is 5.32 Å². The van der Waals surface area contributed by atoms with Crippen LogP contribution in [0.5, 0.6) is 0 Å². The van der Waals surface area contributed by atoms with Crippen LogP contribution in [0.2, 0.25) is 5.02 Å². The van der Waals surface area contributed by atoms with Crippen molar-refractivity contribution in [3.8, 4) is 0 Å². The zero-order valence-corrected chi connectivity index (χ0v) is 12.0. The maximum Gasteiger partial charge on any atom is 0.224 e. The first-order valence-corrected chi connectivity index (χ1v) is 7.32. The molecule has 1 saturated carbocycles. The molecule has 2 unspecified atom stereocenters. The Morgan fingerprint density at radius 2 is 2.15 bits per heavy atom. The largest absolute Gasteiger partial charge is 0.396 e. The molecule has 0 spiro atoms. The van der Waals surface area contributed by atoms with Gasteiger partial charge in [-0.3, -0.25) is 4.79 Å². The third kappa shape index (κ3) is 3.70. The summed E-state index contributed by atoms with van der Waals surface area (Å²) in [5.74, 6) is -0.610. The Kier molecular flexibility index (Phi) is 5.38. The number of benzene rings is 1. The minimum Gasteiger partial charge on any atom is -0.396 e. The molecular weight excluding hydrogens is 281 g/mol. The fourth-order valence-electron chi connectivity index (χ4n) is 2.74. The van der Waals surface area contributed by atoms with E-state index >= 15 is 0 Å². The van der Waals surface area contributed by atoms with Gasteiger partial charge in [0.05, 0.1) is 6.42 Å². The summed E-state index contributed by atoms with van der Waals surface area (Å²) in [5, 5.41) is 12.5. The molecule has 110 valence electrons. The number of nitrogens with one attached hydrogen (secondary N) is 1. The van der Waals surface area contributed by atoms with Crippen LogP contribution in [0.25, 0.3) is 0 Å². The Hall–Kier alpha value is -1.13. The van der Waals surface area contributed by atoms with E-state index in [0.717, 1.165) is 25.7 Å². The van der Waals surface area contributed by atoms with E-state index in [2.05, 4.69) is 5.32 Å². The summed E-state index contributed by atoms with van der Waals surface area (Å²) in [4.78, 5) is 12.0. The van der Waals surface area contributed by atoms with Crippen LogP contribution in [0.15, 0.2) is 18.2 Å². The molecule has 2 N–H and O–H groups in total. The van der Waals surface area contributed by atoms with Gasteiger partial charge in [0, 0.05) is 29.2 Å². The van der Waals surface area contributed by atoms with E-state index in [1.807, 2.05) is 0 Å². The summed E-state index contributed by atoms with van der Waals surface area (Å²) in [6.45, 7) is 0.0748. The summed E-state index contributed by atoms with van der Waals surface area (Å²) in [5.41, 5.74) is 0.225. The fraction of sp³-hybridized carbons (Fsp3) is 0.533. The molecule has 1 aliphatic carbocycles. The van der Waals surface area contributed by atoms with E-state index in [1.54, 1.807) is 6.07 Å². The van der Waals surface area contributed by atoms with Crippen molar-refractivity contribution in [2.45, 2.75) is 38.1 Å². The van der Waals surface area contributed by atoms with Gasteiger partial charge < -0.3 is 10.4 Å². The molecule has 1 amide bonds. The molecule has 1 fully saturated rings. The van der Waals surface area contributed by atoms with Gasteiger partial charge in [0.15, 0.2) is 0 Å². The molecule has 0 saturated heterocycles. The number of amides is 1. The highest BCUT2D eigenvalue weighted by atomic mass is 35.5. The van der Waals surface area contributed by atoms with Crippen molar-refractivity contribution >= 4 is 17.5 Å². The first-order chi connectivity index (χ1) is 9.61. The molecule has 0 aromatic heterocycles. The van der Waals surface area contributed by atoms with Crippen LogP contribution in [0.3, 0.4) is 0 Å². The molecular formula is C15H19ClFNO2. The van der Waals surface area contributed by atoms with Crippen molar-refractivity contribution < 1.29 is 14.3 Å². The molecule has 20 heavy (non-hydrogen) atoms. The van der Waals surface area contributed by atoms with E-state index in [9.17, 15) is 14.3 Å². The minimum atomic E-state index is -0.463. The highest BCUT2D eigenvalue weighted by molar-refractivity contribution is 6.31. The van der Waals surface area contributed by atoms with Gasteiger partial charge in [-0.25, -0.2) is 4.39 Å². The maximum absolute atomic E-state index is 13.6. The maximum atomic E-state index is 13.6. The van der Waals surface area contributed by atoms with Crippen LogP contribution < -0.4 is 5.32 Å². The van der Waals surface area contributed by atoms with Crippen LogP contribution in [-0.4, -0.2) is 23.7 Å². The van der Waals surface area contributed by atoms with E-state index in [0.29, 0.717) is 0 Å². The van der Waals surface area contributed by atoms with Gasteiger partial charge in [0.1, 0.15) is 5.82 Å². The predicted molar refractivity (Wildman–Crippen MR) is 76.1 cm³/mol. The Balaban J connectivity index is 1.98. The van der Waals surface area contributed by atoms with Gasteiger partial charge in [-0.1, -0.05) is 30.5 Å². The predicted octanol–water partition coefficient (Wildman–Crippen LogP) is 2.69. The van der Waals surface area contributed by atoms with Gasteiger partial charge in [-0.05, 0) is 25.0 Å². The topological polar surface area (TPSA) is 49.3 Å². The van der Waals surface area contributed by atoms with Crippen molar-refractivity contribution in [2.24, 2.45) is 5.92 Å². The lowest BCUT2D eigenvalue weighted by molar-refractivity contribution is -0.121. The Labute approximate surface area is 123 Å². The molecule has 2 rings (SSSR count). The van der Waals surface area contributed by atoms with E-state index in [1.165, 1.54) is 12.1 Å². The summed E-state index contributed by atoms with van der Waals surface area (Å²) >= 11 is 5.91. The number of carbonyl (C=O) groups is 1. The van der Waals surface area contributed by atoms with Crippen molar-refractivity contribution in [3.05, 3.63) is 34.6 Å². The zero-order valence-electron chi connectivity index (χ0n) is 11.2. The van der Waals surface area contributed by atoms with Crippen LogP contribution in [0.1, 0.15) is 31.2 Å². The highest BCUT2D eigenvalue weighted by Gasteiger charge is 2.26. The van der Waals surface area contributed by atoms with E-state index in [-0.39, 0.29) is 41.5 Å². The van der Waals surface area contributed by atoms with E-state index in [4.69, 9.17) is 11.6 Å². The van der Waals surface area contributed by atoms with Crippen LogP contribution in [0, 0.1) is 11.7 Å². The lowest BCUT2D eigenvalue weighted by Crippen LogP contribution is -2.44. The van der Waals surface area contributed by atoms with E-state index < -0.39 is 5.82 Å². The minimum absolute atomic E-state index is 0.0215. The molecule has 1 aliphatic rings. The van der Waals surface area contributed by atoms with Crippen LogP contribution in [-0.2, 0) is 11.2 Å². The van der Waals surface area contributed by atoms with Crippen molar-refractivity contribution in [3.63, 3.8) is 0 Å². The van der Waals surface area contributed by atoms with Crippen molar-refractivity contribution in [2.75, 3.05) is 6.61 Å². The average molecular weight is 300 g/mol.